The highest BCUT2D eigenvalue weighted by Gasteiger charge is 2.31. The lowest BCUT2D eigenvalue weighted by molar-refractivity contribution is 0.703. The topological polar surface area (TPSA) is 46.8 Å². The molecule has 0 aromatic carbocycles. The smallest absolute Gasteiger partial charge is 0.135 e. The Morgan fingerprint density at radius 2 is 2.15 bits per heavy atom. The van der Waals surface area contributed by atoms with Crippen LogP contribution in [0.25, 0.3) is 0 Å². The largest absolute Gasteiger partial charge is 0.349 e. The number of hydrogen-bond donors (Lipinski definition) is 0. The molecule has 2 aromatic rings. The molecule has 1 aliphatic heterocycles. The summed E-state index contributed by atoms with van der Waals surface area (Å²) in [4.78, 5) is 11.5. The van der Waals surface area contributed by atoms with E-state index in [1.807, 2.05) is 17.9 Å². The van der Waals surface area contributed by atoms with Crippen molar-refractivity contribution in [1.82, 2.24) is 19.7 Å². The molecule has 1 unspecified atom stereocenters. The summed E-state index contributed by atoms with van der Waals surface area (Å²) >= 11 is 0. The van der Waals surface area contributed by atoms with Gasteiger partial charge in [0, 0.05) is 36.6 Å². The molecule has 0 bridgehead atoms. The summed E-state index contributed by atoms with van der Waals surface area (Å²) in [6.07, 6.45) is 11.7. The monoisotopic (exact) mass is 269 g/mol. The maximum atomic E-state index is 4.60. The molecule has 0 saturated carbocycles. The van der Waals surface area contributed by atoms with Gasteiger partial charge in [0.2, 0.25) is 0 Å². The van der Waals surface area contributed by atoms with Gasteiger partial charge in [0.05, 0.1) is 12.2 Å². The van der Waals surface area contributed by atoms with Gasteiger partial charge in [-0.25, -0.2) is 9.97 Å². The second-order valence-electron chi connectivity index (χ2n) is 5.77. The van der Waals surface area contributed by atoms with Crippen LogP contribution in [0.5, 0.6) is 0 Å². The lowest BCUT2D eigenvalue weighted by atomic mass is 10.1. The zero-order chi connectivity index (χ0) is 13.5. The van der Waals surface area contributed by atoms with E-state index in [0.717, 1.165) is 19.4 Å². The molecule has 5 heteroatoms. The average molecular weight is 269 g/mol. The van der Waals surface area contributed by atoms with Crippen LogP contribution in [0.3, 0.4) is 0 Å². The van der Waals surface area contributed by atoms with Crippen molar-refractivity contribution in [3.63, 3.8) is 0 Å². The molecule has 1 saturated heterocycles. The van der Waals surface area contributed by atoms with Gasteiger partial charge in [-0.2, -0.15) is 5.10 Å². The summed E-state index contributed by atoms with van der Waals surface area (Å²) in [5, 5.41) is 4.32. The molecular formula is C15H19N5. The van der Waals surface area contributed by atoms with E-state index in [4.69, 9.17) is 0 Å². The van der Waals surface area contributed by atoms with E-state index in [1.54, 1.807) is 6.33 Å². The molecule has 4 rings (SSSR count). The van der Waals surface area contributed by atoms with Crippen LogP contribution in [0.15, 0.2) is 18.7 Å². The van der Waals surface area contributed by atoms with E-state index in [-0.39, 0.29) is 0 Å². The van der Waals surface area contributed by atoms with Crippen LogP contribution in [0.4, 0.5) is 5.82 Å². The highest BCUT2D eigenvalue weighted by molar-refractivity contribution is 5.53. The summed E-state index contributed by atoms with van der Waals surface area (Å²) in [7, 11) is 1.98. The number of fused-ring (bicyclic) bond motifs is 1. The molecule has 2 aliphatic rings. The predicted octanol–water partition coefficient (Wildman–Crippen LogP) is 2.04. The Hall–Kier alpha value is -1.91. The van der Waals surface area contributed by atoms with Crippen molar-refractivity contribution in [2.45, 2.75) is 38.1 Å². The second-order valence-corrected chi connectivity index (χ2v) is 5.77. The van der Waals surface area contributed by atoms with Gasteiger partial charge in [0.25, 0.3) is 0 Å². The molecule has 0 spiro atoms. The van der Waals surface area contributed by atoms with Crippen molar-refractivity contribution < 1.29 is 0 Å². The SMILES string of the molecule is Cn1cc(C2CCCN2c2ncnc3c2CCC3)cn1. The molecule has 0 radical (unpaired) electrons. The molecule has 1 atom stereocenters. The first-order chi connectivity index (χ1) is 9.83. The Kier molecular flexibility index (Phi) is 2.72. The van der Waals surface area contributed by atoms with Gasteiger partial charge in [-0.3, -0.25) is 4.68 Å². The number of nitrogens with zero attached hydrogens (tertiary/aromatic N) is 5. The van der Waals surface area contributed by atoms with E-state index in [9.17, 15) is 0 Å². The van der Waals surface area contributed by atoms with Crippen LogP contribution in [0.1, 0.15) is 42.1 Å². The molecule has 0 N–H and O–H groups in total. The molecule has 0 amide bonds. The van der Waals surface area contributed by atoms with E-state index >= 15 is 0 Å². The van der Waals surface area contributed by atoms with E-state index in [1.165, 1.54) is 41.9 Å². The van der Waals surface area contributed by atoms with E-state index in [0.29, 0.717) is 6.04 Å². The van der Waals surface area contributed by atoms with Gasteiger partial charge in [-0.05, 0) is 32.1 Å². The summed E-state index contributed by atoms with van der Waals surface area (Å²) in [6.45, 7) is 1.09. The Morgan fingerprint density at radius 3 is 3.00 bits per heavy atom. The first-order valence-corrected chi connectivity index (χ1v) is 7.41. The van der Waals surface area contributed by atoms with Gasteiger partial charge >= 0.3 is 0 Å². The third-order valence-electron chi connectivity index (χ3n) is 4.49. The van der Waals surface area contributed by atoms with Crippen molar-refractivity contribution in [1.29, 1.82) is 0 Å². The van der Waals surface area contributed by atoms with Gasteiger partial charge in [0.15, 0.2) is 0 Å². The predicted molar refractivity (Wildman–Crippen MR) is 76.6 cm³/mol. The number of hydrogen-bond acceptors (Lipinski definition) is 4. The minimum absolute atomic E-state index is 0.420. The number of anilines is 1. The van der Waals surface area contributed by atoms with Crippen molar-refractivity contribution >= 4 is 5.82 Å². The maximum absolute atomic E-state index is 4.60. The quantitative estimate of drug-likeness (QED) is 0.837. The van der Waals surface area contributed by atoms with Crippen LogP contribution in [-0.2, 0) is 19.9 Å². The van der Waals surface area contributed by atoms with Crippen molar-refractivity contribution in [2.24, 2.45) is 7.05 Å². The van der Waals surface area contributed by atoms with Crippen molar-refractivity contribution in [2.75, 3.05) is 11.4 Å². The second kappa shape index (κ2) is 4.58. The fourth-order valence-electron chi connectivity index (χ4n) is 3.57. The molecular weight excluding hydrogens is 250 g/mol. The number of aryl methyl sites for hydroxylation is 2. The van der Waals surface area contributed by atoms with Crippen LogP contribution >= 0.6 is 0 Å². The van der Waals surface area contributed by atoms with Gasteiger partial charge in [-0.1, -0.05) is 0 Å². The number of rotatable bonds is 2. The Morgan fingerprint density at radius 1 is 1.20 bits per heavy atom. The standard InChI is InChI=1S/C15H19N5/c1-19-9-11(8-18-19)14-6-3-7-20(14)15-12-4-2-5-13(12)16-10-17-15/h8-10,14H,2-7H2,1H3. The van der Waals surface area contributed by atoms with Crippen LogP contribution in [0, 0.1) is 0 Å². The normalized spacial score (nSPS) is 21.4. The fraction of sp³-hybridized carbons (Fsp3) is 0.533. The third kappa shape index (κ3) is 1.80. The van der Waals surface area contributed by atoms with Gasteiger partial charge in [-0.15, -0.1) is 0 Å². The molecule has 3 heterocycles. The van der Waals surface area contributed by atoms with Crippen LogP contribution < -0.4 is 4.90 Å². The molecule has 104 valence electrons. The Balaban J connectivity index is 1.72. The minimum atomic E-state index is 0.420. The molecule has 1 aliphatic carbocycles. The van der Waals surface area contributed by atoms with Crippen molar-refractivity contribution in [3.05, 3.63) is 35.5 Å². The minimum Gasteiger partial charge on any atom is -0.349 e. The first kappa shape index (κ1) is 11.9. The highest BCUT2D eigenvalue weighted by Crippen LogP contribution is 2.38. The summed E-state index contributed by atoms with van der Waals surface area (Å²) in [5.41, 5.74) is 3.94. The zero-order valence-corrected chi connectivity index (χ0v) is 11.8. The molecule has 2 aromatic heterocycles. The summed E-state index contributed by atoms with van der Waals surface area (Å²) in [6, 6.07) is 0.420. The lowest BCUT2D eigenvalue weighted by Gasteiger charge is -2.26. The summed E-state index contributed by atoms with van der Waals surface area (Å²) < 4.78 is 1.89. The Bertz CT molecular complexity index is 633. The summed E-state index contributed by atoms with van der Waals surface area (Å²) in [5.74, 6) is 1.17. The van der Waals surface area contributed by atoms with Gasteiger partial charge < -0.3 is 4.90 Å². The number of aromatic nitrogens is 4. The third-order valence-corrected chi connectivity index (χ3v) is 4.49. The van der Waals surface area contributed by atoms with E-state index in [2.05, 4.69) is 26.2 Å². The lowest BCUT2D eigenvalue weighted by Crippen LogP contribution is -2.24. The fourth-order valence-corrected chi connectivity index (χ4v) is 3.57. The maximum Gasteiger partial charge on any atom is 0.135 e. The first-order valence-electron chi connectivity index (χ1n) is 7.41. The van der Waals surface area contributed by atoms with E-state index < -0.39 is 0 Å². The van der Waals surface area contributed by atoms with Gasteiger partial charge in [0.1, 0.15) is 12.1 Å². The average Bonchev–Trinajstić information content (AvgIpc) is 3.17. The van der Waals surface area contributed by atoms with Crippen LogP contribution in [-0.4, -0.2) is 26.3 Å². The molecule has 5 nitrogen and oxygen atoms in total. The van der Waals surface area contributed by atoms with Crippen molar-refractivity contribution in [3.8, 4) is 0 Å². The Labute approximate surface area is 118 Å². The molecule has 20 heavy (non-hydrogen) atoms. The highest BCUT2D eigenvalue weighted by atomic mass is 15.3. The molecule has 1 fully saturated rings. The zero-order valence-electron chi connectivity index (χ0n) is 11.8. The van der Waals surface area contributed by atoms with Crippen LogP contribution in [0.2, 0.25) is 0 Å².